The lowest BCUT2D eigenvalue weighted by Crippen LogP contribution is -2.31. The van der Waals surface area contributed by atoms with E-state index >= 15 is 0 Å². The maximum atomic E-state index is 12.2. The number of anilines is 1. The Morgan fingerprint density at radius 3 is 2.60 bits per heavy atom. The molecule has 0 amide bonds. The van der Waals surface area contributed by atoms with Crippen LogP contribution in [-0.4, -0.2) is 27.9 Å². The number of nitrogens with zero attached hydrogens (tertiary/aromatic N) is 3. The average molecular weight is 294 g/mol. The van der Waals surface area contributed by atoms with Gasteiger partial charge >= 0.3 is 0 Å². The van der Waals surface area contributed by atoms with Gasteiger partial charge in [-0.3, -0.25) is 4.79 Å². The van der Waals surface area contributed by atoms with Crippen LogP contribution in [0.5, 0.6) is 0 Å². The van der Waals surface area contributed by atoms with Crippen molar-refractivity contribution in [2.75, 3.05) is 18.0 Å². The van der Waals surface area contributed by atoms with Crippen LogP contribution in [0.15, 0.2) is 17.1 Å². The Labute approximate surface area is 124 Å². The molecule has 0 spiro atoms. The van der Waals surface area contributed by atoms with Crippen molar-refractivity contribution in [3.63, 3.8) is 0 Å². The number of hydrogen-bond donors (Lipinski definition) is 1. The minimum atomic E-state index is -0.0522. The molecule has 1 heterocycles. The SMILES string of the molecule is CCN(CC)c1cnn(CC2(CC(N)=S)CC2)c(=O)c1. The van der Waals surface area contributed by atoms with Crippen LogP contribution in [0.1, 0.15) is 33.1 Å². The van der Waals surface area contributed by atoms with Crippen molar-refractivity contribution in [3.8, 4) is 0 Å². The van der Waals surface area contributed by atoms with Crippen LogP contribution in [-0.2, 0) is 6.54 Å². The fourth-order valence-corrected chi connectivity index (χ4v) is 2.87. The van der Waals surface area contributed by atoms with E-state index in [0.717, 1.165) is 31.6 Å². The van der Waals surface area contributed by atoms with Crippen LogP contribution in [0, 0.1) is 5.41 Å². The number of rotatable bonds is 7. The molecule has 1 aliphatic rings. The summed E-state index contributed by atoms with van der Waals surface area (Å²) < 4.78 is 1.54. The number of hydrogen-bond acceptors (Lipinski definition) is 4. The Kier molecular flexibility index (Phi) is 4.42. The zero-order valence-corrected chi connectivity index (χ0v) is 12.9. The molecule has 1 aliphatic carbocycles. The van der Waals surface area contributed by atoms with Gasteiger partial charge in [-0.2, -0.15) is 5.10 Å². The lowest BCUT2D eigenvalue weighted by molar-refractivity contribution is 0.397. The molecule has 6 heteroatoms. The molecule has 20 heavy (non-hydrogen) atoms. The first-order valence-electron chi connectivity index (χ1n) is 7.10. The highest BCUT2D eigenvalue weighted by Gasteiger charge is 2.43. The molecular weight excluding hydrogens is 272 g/mol. The van der Waals surface area contributed by atoms with Gasteiger partial charge in [0.15, 0.2) is 0 Å². The van der Waals surface area contributed by atoms with Crippen molar-refractivity contribution in [1.82, 2.24) is 9.78 Å². The van der Waals surface area contributed by atoms with Gasteiger partial charge in [-0.25, -0.2) is 4.68 Å². The van der Waals surface area contributed by atoms with Crippen molar-refractivity contribution in [2.24, 2.45) is 11.1 Å². The molecule has 0 saturated heterocycles. The molecule has 1 aromatic rings. The number of nitrogens with two attached hydrogens (primary N) is 1. The Morgan fingerprint density at radius 2 is 2.15 bits per heavy atom. The highest BCUT2D eigenvalue weighted by molar-refractivity contribution is 7.80. The van der Waals surface area contributed by atoms with Crippen molar-refractivity contribution >= 4 is 22.9 Å². The van der Waals surface area contributed by atoms with Gasteiger partial charge in [0.25, 0.3) is 5.56 Å². The fraction of sp³-hybridized carbons (Fsp3) is 0.643. The summed E-state index contributed by atoms with van der Waals surface area (Å²) in [4.78, 5) is 14.8. The highest BCUT2D eigenvalue weighted by Crippen LogP contribution is 2.49. The van der Waals surface area contributed by atoms with Gasteiger partial charge < -0.3 is 10.6 Å². The molecule has 0 unspecified atom stereocenters. The Hall–Kier alpha value is -1.43. The van der Waals surface area contributed by atoms with E-state index < -0.39 is 0 Å². The lowest BCUT2D eigenvalue weighted by Gasteiger charge is -2.21. The van der Waals surface area contributed by atoms with Gasteiger partial charge in [0.05, 0.1) is 23.4 Å². The fourth-order valence-electron chi connectivity index (χ4n) is 2.56. The van der Waals surface area contributed by atoms with E-state index in [1.54, 1.807) is 12.3 Å². The van der Waals surface area contributed by atoms with Gasteiger partial charge in [0.1, 0.15) is 0 Å². The summed E-state index contributed by atoms with van der Waals surface area (Å²) in [5.41, 5.74) is 6.53. The predicted octanol–water partition coefficient (Wildman–Crippen LogP) is 1.55. The average Bonchev–Trinajstić information content (AvgIpc) is 3.13. The van der Waals surface area contributed by atoms with E-state index in [9.17, 15) is 4.79 Å². The largest absolute Gasteiger partial charge is 0.393 e. The second-order valence-corrected chi connectivity index (χ2v) is 6.05. The van der Waals surface area contributed by atoms with E-state index in [4.69, 9.17) is 18.0 Å². The zero-order chi connectivity index (χ0) is 14.8. The summed E-state index contributed by atoms with van der Waals surface area (Å²) in [5, 5.41) is 4.31. The van der Waals surface area contributed by atoms with Crippen molar-refractivity contribution in [3.05, 3.63) is 22.6 Å². The molecule has 110 valence electrons. The summed E-state index contributed by atoms with van der Waals surface area (Å²) in [6.07, 6.45) is 4.60. The van der Waals surface area contributed by atoms with E-state index in [2.05, 4.69) is 23.8 Å². The van der Waals surface area contributed by atoms with Gasteiger partial charge in [0.2, 0.25) is 0 Å². The lowest BCUT2D eigenvalue weighted by atomic mass is 10.0. The van der Waals surface area contributed by atoms with Crippen molar-refractivity contribution in [1.29, 1.82) is 0 Å². The second kappa shape index (κ2) is 5.91. The van der Waals surface area contributed by atoms with Crippen LogP contribution >= 0.6 is 12.2 Å². The maximum Gasteiger partial charge on any atom is 0.268 e. The quantitative estimate of drug-likeness (QED) is 0.773. The molecule has 1 fully saturated rings. The minimum absolute atomic E-state index is 0.0522. The van der Waals surface area contributed by atoms with Crippen molar-refractivity contribution < 1.29 is 0 Å². The Morgan fingerprint density at radius 1 is 1.50 bits per heavy atom. The molecule has 0 atom stereocenters. The molecule has 1 saturated carbocycles. The summed E-state index contributed by atoms with van der Waals surface area (Å²) in [6, 6.07) is 1.66. The van der Waals surface area contributed by atoms with Gasteiger partial charge in [-0.1, -0.05) is 12.2 Å². The second-order valence-electron chi connectivity index (χ2n) is 5.53. The smallest absolute Gasteiger partial charge is 0.268 e. The number of thiocarbonyl (C=S) groups is 1. The molecule has 0 aromatic carbocycles. The monoisotopic (exact) mass is 294 g/mol. The molecule has 1 aromatic heterocycles. The normalized spacial score (nSPS) is 15.9. The van der Waals surface area contributed by atoms with E-state index in [1.807, 2.05) is 0 Å². The Bertz CT molecular complexity index is 546. The molecule has 0 aliphatic heterocycles. The third kappa shape index (κ3) is 3.36. The third-order valence-corrected chi connectivity index (χ3v) is 4.12. The summed E-state index contributed by atoms with van der Waals surface area (Å²) >= 11 is 4.98. The van der Waals surface area contributed by atoms with Gasteiger partial charge in [-0.15, -0.1) is 0 Å². The van der Waals surface area contributed by atoms with E-state index in [-0.39, 0.29) is 11.0 Å². The first-order valence-corrected chi connectivity index (χ1v) is 7.51. The van der Waals surface area contributed by atoms with Gasteiger partial charge in [0, 0.05) is 25.6 Å². The molecule has 0 radical (unpaired) electrons. The minimum Gasteiger partial charge on any atom is -0.393 e. The maximum absolute atomic E-state index is 12.2. The highest BCUT2D eigenvalue weighted by atomic mass is 32.1. The topological polar surface area (TPSA) is 64.2 Å². The summed E-state index contributed by atoms with van der Waals surface area (Å²) in [6.45, 7) is 6.48. The van der Waals surface area contributed by atoms with Crippen LogP contribution in [0.2, 0.25) is 0 Å². The van der Waals surface area contributed by atoms with Crippen LogP contribution < -0.4 is 16.2 Å². The standard InChI is InChI=1S/C14H22N4OS/c1-3-17(4-2)11-7-13(19)18(16-9-11)10-14(5-6-14)8-12(15)20/h7,9H,3-6,8,10H2,1-2H3,(H2,15,20). The first-order chi connectivity index (χ1) is 9.49. The summed E-state index contributed by atoms with van der Waals surface area (Å²) in [7, 11) is 0. The van der Waals surface area contributed by atoms with Crippen LogP contribution in [0.25, 0.3) is 0 Å². The predicted molar refractivity (Wildman–Crippen MR) is 85.1 cm³/mol. The molecule has 0 bridgehead atoms. The van der Waals surface area contributed by atoms with Gasteiger partial charge in [-0.05, 0) is 32.1 Å². The van der Waals surface area contributed by atoms with E-state index in [0.29, 0.717) is 18.0 Å². The molecule has 2 N–H and O–H groups in total. The van der Waals surface area contributed by atoms with E-state index in [1.165, 1.54) is 4.68 Å². The Balaban J connectivity index is 2.15. The number of aromatic nitrogens is 2. The van der Waals surface area contributed by atoms with Crippen molar-refractivity contribution in [2.45, 2.75) is 39.7 Å². The molecule has 2 rings (SSSR count). The van der Waals surface area contributed by atoms with Crippen LogP contribution in [0.3, 0.4) is 0 Å². The molecular formula is C14H22N4OS. The summed E-state index contributed by atoms with van der Waals surface area (Å²) in [5.74, 6) is 0. The molecule has 5 nitrogen and oxygen atoms in total. The van der Waals surface area contributed by atoms with Crippen LogP contribution in [0.4, 0.5) is 5.69 Å². The zero-order valence-electron chi connectivity index (χ0n) is 12.1. The third-order valence-electron chi connectivity index (χ3n) is 3.98. The first kappa shape index (κ1) is 15.0.